The minimum atomic E-state index is -4.04. The first kappa shape index (κ1) is 19.9. The molecule has 5 heteroatoms. The molecule has 0 saturated carbocycles. The van der Waals surface area contributed by atoms with Crippen LogP contribution in [0.25, 0.3) is 0 Å². The predicted octanol–water partition coefficient (Wildman–Crippen LogP) is 2.38. The highest BCUT2D eigenvalue weighted by Gasteiger charge is 2.18. The summed E-state index contributed by atoms with van der Waals surface area (Å²) < 4.78 is 30.1. The fraction of sp³-hybridized carbons (Fsp3) is 0.846. The minimum Gasteiger partial charge on any atom is -0.748 e. The largest absolute Gasteiger partial charge is 0.748 e. The lowest BCUT2D eigenvalue weighted by Gasteiger charge is -2.35. The fourth-order valence-corrected chi connectivity index (χ4v) is 2.07. The maximum atomic E-state index is 9.60. The Morgan fingerprint density at radius 2 is 1.56 bits per heavy atom. The Bertz CT molecular complexity index is 287. The standard InChI is InChI=1S/C10H24N.C3H6O3S/c1-5-9-10-11(6-2,7-3)8-4;1-2-3-7(4,5)6/h5-10H2,1-4H3;2H,1,3H2,(H,4,5,6)/q+1;/p-1. The first-order valence-corrected chi connectivity index (χ1v) is 8.28. The van der Waals surface area contributed by atoms with E-state index in [-0.39, 0.29) is 0 Å². The molecule has 0 aliphatic carbocycles. The molecule has 0 N–H and O–H groups in total. The molecule has 0 heterocycles. The maximum Gasteiger partial charge on any atom is 0.0982 e. The highest BCUT2D eigenvalue weighted by Crippen LogP contribution is 2.07. The summed E-state index contributed by atoms with van der Waals surface area (Å²) in [6, 6.07) is 0. The van der Waals surface area contributed by atoms with Gasteiger partial charge in [0.05, 0.1) is 42.1 Å². The Labute approximate surface area is 113 Å². The lowest BCUT2D eigenvalue weighted by atomic mass is 10.2. The number of hydrogen-bond acceptors (Lipinski definition) is 3. The number of hydrogen-bond donors (Lipinski definition) is 0. The Kier molecular flexibility index (Phi) is 11.7. The molecule has 0 fully saturated rings. The highest BCUT2D eigenvalue weighted by atomic mass is 32.2. The van der Waals surface area contributed by atoms with Gasteiger partial charge in [0.2, 0.25) is 0 Å². The van der Waals surface area contributed by atoms with Crippen LogP contribution in [0.1, 0.15) is 40.5 Å². The third kappa shape index (κ3) is 10.7. The van der Waals surface area contributed by atoms with E-state index in [0.29, 0.717) is 0 Å². The topological polar surface area (TPSA) is 57.2 Å². The Hall–Kier alpha value is -0.390. The van der Waals surface area contributed by atoms with Gasteiger partial charge < -0.3 is 9.04 Å². The number of rotatable bonds is 8. The van der Waals surface area contributed by atoms with Crippen LogP contribution in [-0.4, -0.2) is 49.4 Å². The fourth-order valence-electron chi connectivity index (χ4n) is 1.78. The molecule has 0 bridgehead atoms. The van der Waals surface area contributed by atoms with E-state index in [4.69, 9.17) is 0 Å². The summed E-state index contributed by atoms with van der Waals surface area (Å²) in [7, 11) is -4.04. The van der Waals surface area contributed by atoms with Crippen LogP contribution in [0.15, 0.2) is 12.7 Å². The number of quaternary nitrogens is 1. The molecule has 0 aromatic heterocycles. The summed E-state index contributed by atoms with van der Waals surface area (Å²) in [5.74, 6) is -0.479. The molecule has 4 nitrogen and oxygen atoms in total. The predicted molar refractivity (Wildman–Crippen MR) is 76.4 cm³/mol. The normalized spacial score (nSPS) is 11.6. The van der Waals surface area contributed by atoms with E-state index in [2.05, 4.69) is 34.3 Å². The zero-order valence-corrected chi connectivity index (χ0v) is 13.1. The number of nitrogens with zero attached hydrogens (tertiary/aromatic N) is 1. The van der Waals surface area contributed by atoms with E-state index >= 15 is 0 Å². The molecule has 0 saturated heterocycles. The van der Waals surface area contributed by atoms with Crippen molar-refractivity contribution in [3.05, 3.63) is 12.7 Å². The van der Waals surface area contributed by atoms with E-state index in [0.717, 1.165) is 6.08 Å². The van der Waals surface area contributed by atoms with Gasteiger partial charge in [-0.2, -0.15) is 0 Å². The molecule has 0 atom stereocenters. The van der Waals surface area contributed by atoms with Crippen molar-refractivity contribution in [2.45, 2.75) is 40.5 Å². The van der Waals surface area contributed by atoms with Gasteiger partial charge >= 0.3 is 0 Å². The summed E-state index contributed by atoms with van der Waals surface area (Å²) >= 11 is 0. The molecular formula is C13H29NO3S. The first-order chi connectivity index (χ1) is 8.30. The summed E-state index contributed by atoms with van der Waals surface area (Å²) in [6.45, 7) is 17.5. The van der Waals surface area contributed by atoms with Crippen LogP contribution in [0.3, 0.4) is 0 Å². The van der Waals surface area contributed by atoms with Gasteiger partial charge in [0, 0.05) is 0 Å². The van der Waals surface area contributed by atoms with Crippen LogP contribution in [0.5, 0.6) is 0 Å². The van der Waals surface area contributed by atoms with Gasteiger partial charge in [-0.05, 0) is 27.2 Å². The second kappa shape index (κ2) is 10.5. The summed E-state index contributed by atoms with van der Waals surface area (Å²) in [6.07, 6.45) is 3.78. The van der Waals surface area contributed by atoms with Crippen molar-refractivity contribution in [2.75, 3.05) is 31.9 Å². The highest BCUT2D eigenvalue weighted by molar-refractivity contribution is 7.85. The van der Waals surface area contributed by atoms with E-state index in [1.165, 1.54) is 43.5 Å². The second-order valence-corrected chi connectivity index (χ2v) is 5.83. The van der Waals surface area contributed by atoms with Crippen LogP contribution >= 0.6 is 0 Å². The van der Waals surface area contributed by atoms with Gasteiger partial charge in [0.1, 0.15) is 0 Å². The molecule has 0 aliphatic heterocycles. The van der Waals surface area contributed by atoms with Crippen molar-refractivity contribution < 1.29 is 17.5 Å². The van der Waals surface area contributed by atoms with Crippen molar-refractivity contribution in [3.8, 4) is 0 Å². The summed E-state index contributed by atoms with van der Waals surface area (Å²) in [5, 5.41) is 0. The van der Waals surface area contributed by atoms with E-state index in [1.54, 1.807) is 0 Å². The summed E-state index contributed by atoms with van der Waals surface area (Å²) in [5.41, 5.74) is 0. The minimum absolute atomic E-state index is 0.479. The van der Waals surface area contributed by atoms with Gasteiger partial charge in [0.15, 0.2) is 0 Å². The van der Waals surface area contributed by atoms with Gasteiger partial charge in [-0.25, -0.2) is 8.42 Å². The first-order valence-electron chi connectivity index (χ1n) is 6.70. The lowest BCUT2D eigenvalue weighted by Crippen LogP contribution is -2.48. The molecule has 0 spiro atoms. The molecule has 0 unspecified atom stereocenters. The molecule has 0 aromatic carbocycles. The monoisotopic (exact) mass is 279 g/mol. The van der Waals surface area contributed by atoms with E-state index in [1.807, 2.05) is 0 Å². The molecule has 0 aliphatic rings. The average Bonchev–Trinajstić information content (AvgIpc) is 2.31. The Balaban J connectivity index is 0. The van der Waals surface area contributed by atoms with Crippen LogP contribution in [0.2, 0.25) is 0 Å². The van der Waals surface area contributed by atoms with Crippen molar-refractivity contribution >= 4 is 10.1 Å². The molecule has 0 amide bonds. The Morgan fingerprint density at radius 1 is 1.11 bits per heavy atom. The second-order valence-electron chi connectivity index (χ2n) is 4.38. The molecule has 0 rings (SSSR count). The SMILES string of the molecule is C=CCS(=O)(=O)[O-].CCCC[N+](CC)(CC)CC. The molecule has 0 radical (unpaired) electrons. The van der Waals surface area contributed by atoms with Crippen LogP contribution in [-0.2, 0) is 10.1 Å². The smallest absolute Gasteiger partial charge is 0.0982 e. The zero-order valence-electron chi connectivity index (χ0n) is 12.3. The lowest BCUT2D eigenvalue weighted by molar-refractivity contribution is -0.923. The molecule has 0 aromatic rings. The molecule has 18 heavy (non-hydrogen) atoms. The number of unbranched alkanes of at least 4 members (excludes halogenated alkanes) is 1. The maximum absolute atomic E-state index is 9.60. The van der Waals surface area contributed by atoms with E-state index in [9.17, 15) is 13.0 Å². The van der Waals surface area contributed by atoms with Crippen molar-refractivity contribution in [1.29, 1.82) is 0 Å². The summed E-state index contributed by atoms with van der Waals surface area (Å²) in [4.78, 5) is 0. The molecular weight excluding hydrogens is 250 g/mol. The average molecular weight is 279 g/mol. The molecule has 110 valence electrons. The Morgan fingerprint density at radius 3 is 1.72 bits per heavy atom. The zero-order chi connectivity index (χ0) is 14.7. The third-order valence-electron chi connectivity index (χ3n) is 3.32. The van der Waals surface area contributed by atoms with Gasteiger partial charge in [-0.3, -0.25) is 0 Å². The quantitative estimate of drug-likeness (QED) is 0.389. The van der Waals surface area contributed by atoms with Crippen molar-refractivity contribution in [1.82, 2.24) is 0 Å². The van der Waals surface area contributed by atoms with Crippen LogP contribution in [0, 0.1) is 0 Å². The van der Waals surface area contributed by atoms with Crippen LogP contribution in [0.4, 0.5) is 0 Å². The van der Waals surface area contributed by atoms with Crippen LogP contribution < -0.4 is 0 Å². The van der Waals surface area contributed by atoms with Gasteiger partial charge in [-0.1, -0.05) is 19.4 Å². The van der Waals surface area contributed by atoms with Gasteiger partial charge in [-0.15, -0.1) is 6.58 Å². The van der Waals surface area contributed by atoms with Crippen molar-refractivity contribution in [3.63, 3.8) is 0 Å². The van der Waals surface area contributed by atoms with Crippen molar-refractivity contribution in [2.24, 2.45) is 0 Å². The van der Waals surface area contributed by atoms with Gasteiger partial charge in [0.25, 0.3) is 0 Å². The van der Waals surface area contributed by atoms with E-state index < -0.39 is 15.9 Å². The third-order valence-corrected chi connectivity index (χ3v) is 3.96.